The molecule has 0 unspecified atom stereocenters. The van der Waals surface area contributed by atoms with Crippen molar-refractivity contribution in [2.24, 2.45) is 0 Å². The first kappa shape index (κ1) is 9.23. The Hall–Kier alpha value is -1.33. The van der Waals surface area contributed by atoms with Gasteiger partial charge >= 0.3 is 0 Å². The number of hydrogen-bond donors (Lipinski definition) is 2. The molecule has 2 rings (SSSR count). The van der Waals surface area contributed by atoms with E-state index in [9.17, 15) is 15.0 Å². The third-order valence-corrected chi connectivity index (χ3v) is 2.28. The Morgan fingerprint density at radius 1 is 1.43 bits per heavy atom. The first-order chi connectivity index (χ1) is 6.68. The minimum Gasteiger partial charge on any atom is -0.459 e. The van der Waals surface area contributed by atoms with Crippen LogP contribution in [0.5, 0.6) is 0 Å². The van der Waals surface area contributed by atoms with Crippen LogP contribution in [0, 0.1) is 0 Å². The van der Waals surface area contributed by atoms with Gasteiger partial charge in [-0.25, -0.2) is 0 Å². The van der Waals surface area contributed by atoms with Crippen molar-refractivity contribution in [2.45, 2.75) is 12.2 Å². The zero-order valence-electron chi connectivity index (χ0n) is 7.46. The molecule has 5 nitrogen and oxygen atoms in total. The van der Waals surface area contributed by atoms with E-state index >= 15 is 0 Å². The van der Waals surface area contributed by atoms with Crippen molar-refractivity contribution in [3.63, 3.8) is 0 Å². The van der Waals surface area contributed by atoms with Crippen molar-refractivity contribution in [1.82, 2.24) is 4.90 Å². The Kier molecular flexibility index (Phi) is 2.26. The van der Waals surface area contributed by atoms with E-state index in [2.05, 4.69) is 0 Å². The lowest BCUT2D eigenvalue weighted by Crippen LogP contribution is -2.29. The van der Waals surface area contributed by atoms with Crippen molar-refractivity contribution in [2.75, 3.05) is 13.1 Å². The maximum absolute atomic E-state index is 11.6. The van der Waals surface area contributed by atoms with E-state index in [1.807, 2.05) is 0 Å². The van der Waals surface area contributed by atoms with Crippen LogP contribution in [0.4, 0.5) is 0 Å². The summed E-state index contributed by atoms with van der Waals surface area (Å²) < 4.78 is 4.92. The van der Waals surface area contributed by atoms with E-state index in [-0.39, 0.29) is 24.8 Å². The van der Waals surface area contributed by atoms with Crippen molar-refractivity contribution in [1.29, 1.82) is 0 Å². The smallest absolute Gasteiger partial charge is 0.289 e. The second-order valence-corrected chi connectivity index (χ2v) is 3.32. The van der Waals surface area contributed by atoms with E-state index < -0.39 is 12.2 Å². The Morgan fingerprint density at radius 2 is 2.07 bits per heavy atom. The van der Waals surface area contributed by atoms with Crippen LogP contribution in [0.25, 0.3) is 0 Å². The van der Waals surface area contributed by atoms with Crippen molar-refractivity contribution in [3.8, 4) is 0 Å². The Bertz CT molecular complexity index is 312. The zero-order valence-corrected chi connectivity index (χ0v) is 7.46. The fourth-order valence-electron chi connectivity index (χ4n) is 1.49. The molecule has 2 heterocycles. The molecule has 5 heteroatoms. The van der Waals surface area contributed by atoms with Gasteiger partial charge in [-0.1, -0.05) is 0 Å². The average Bonchev–Trinajstić information content (AvgIpc) is 2.76. The molecule has 2 N–H and O–H groups in total. The van der Waals surface area contributed by atoms with Crippen molar-refractivity contribution in [3.05, 3.63) is 24.2 Å². The molecule has 76 valence electrons. The number of amides is 1. The maximum atomic E-state index is 11.6. The quantitative estimate of drug-likeness (QED) is 0.634. The monoisotopic (exact) mass is 197 g/mol. The van der Waals surface area contributed by atoms with Gasteiger partial charge in [0.2, 0.25) is 0 Å². The van der Waals surface area contributed by atoms with E-state index in [0.717, 1.165) is 0 Å². The van der Waals surface area contributed by atoms with Crippen LogP contribution in [0.3, 0.4) is 0 Å². The number of carbonyl (C=O) groups is 1. The van der Waals surface area contributed by atoms with Gasteiger partial charge in [-0.05, 0) is 12.1 Å². The molecule has 1 amide bonds. The second-order valence-electron chi connectivity index (χ2n) is 3.32. The summed E-state index contributed by atoms with van der Waals surface area (Å²) in [4.78, 5) is 13.0. The molecule has 1 aliphatic rings. The predicted molar refractivity (Wildman–Crippen MR) is 46.6 cm³/mol. The van der Waals surface area contributed by atoms with E-state index in [4.69, 9.17) is 4.42 Å². The van der Waals surface area contributed by atoms with Crippen LogP contribution < -0.4 is 0 Å². The van der Waals surface area contributed by atoms with Crippen LogP contribution in [0.2, 0.25) is 0 Å². The molecule has 1 aliphatic heterocycles. The minimum atomic E-state index is -0.853. The SMILES string of the molecule is O=C(c1ccco1)N1C[C@@H](O)[C@@H](O)C1. The second kappa shape index (κ2) is 3.43. The molecule has 0 spiro atoms. The molecule has 0 aliphatic carbocycles. The first-order valence-corrected chi connectivity index (χ1v) is 4.37. The number of aliphatic hydroxyl groups is 2. The van der Waals surface area contributed by atoms with Crippen molar-refractivity contribution < 1.29 is 19.4 Å². The van der Waals surface area contributed by atoms with Crippen LogP contribution in [0.15, 0.2) is 22.8 Å². The minimum absolute atomic E-state index is 0.153. The third-order valence-electron chi connectivity index (χ3n) is 2.28. The van der Waals surface area contributed by atoms with Gasteiger partial charge in [-0.2, -0.15) is 0 Å². The normalized spacial score (nSPS) is 26.9. The molecule has 0 radical (unpaired) electrons. The highest BCUT2D eigenvalue weighted by atomic mass is 16.3. The molecule has 1 saturated heterocycles. The molecular formula is C9H11NO4. The summed E-state index contributed by atoms with van der Waals surface area (Å²) in [6, 6.07) is 3.18. The summed E-state index contributed by atoms with van der Waals surface area (Å²) in [6.07, 6.45) is -0.293. The fraction of sp³-hybridized carbons (Fsp3) is 0.444. The number of carbonyl (C=O) groups excluding carboxylic acids is 1. The molecular weight excluding hydrogens is 186 g/mol. The van der Waals surface area contributed by atoms with Crippen molar-refractivity contribution >= 4 is 5.91 Å². The largest absolute Gasteiger partial charge is 0.459 e. The highest BCUT2D eigenvalue weighted by Crippen LogP contribution is 2.14. The zero-order chi connectivity index (χ0) is 10.1. The number of likely N-dealkylation sites (tertiary alicyclic amines) is 1. The van der Waals surface area contributed by atoms with Crippen LogP contribution >= 0.6 is 0 Å². The van der Waals surface area contributed by atoms with Gasteiger partial charge in [0.15, 0.2) is 5.76 Å². The number of β-amino-alcohol motifs (C(OH)–C–C–N with tert-alkyl or cyclic N) is 2. The summed E-state index contributed by atoms with van der Waals surface area (Å²) in [5.41, 5.74) is 0. The molecule has 0 bridgehead atoms. The molecule has 14 heavy (non-hydrogen) atoms. The van der Waals surface area contributed by atoms with Crippen LogP contribution in [-0.2, 0) is 0 Å². The van der Waals surface area contributed by atoms with Gasteiger partial charge in [0.05, 0.1) is 18.5 Å². The van der Waals surface area contributed by atoms with E-state index in [1.54, 1.807) is 12.1 Å². The van der Waals surface area contributed by atoms with Gasteiger partial charge in [0, 0.05) is 13.1 Å². The fourth-order valence-corrected chi connectivity index (χ4v) is 1.49. The highest BCUT2D eigenvalue weighted by Gasteiger charge is 2.33. The lowest BCUT2D eigenvalue weighted by atomic mass is 10.3. The number of rotatable bonds is 1. The molecule has 1 aromatic rings. The number of hydrogen-bond acceptors (Lipinski definition) is 4. The number of aliphatic hydroxyl groups excluding tert-OH is 2. The number of nitrogens with zero attached hydrogens (tertiary/aromatic N) is 1. The predicted octanol–water partition coefficient (Wildman–Crippen LogP) is -0.543. The van der Waals surface area contributed by atoms with E-state index in [0.29, 0.717) is 0 Å². The number of furan rings is 1. The van der Waals surface area contributed by atoms with Crippen LogP contribution in [0.1, 0.15) is 10.6 Å². The van der Waals surface area contributed by atoms with E-state index in [1.165, 1.54) is 11.2 Å². The molecule has 0 aromatic carbocycles. The average molecular weight is 197 g/mol. The van der Waals surface area contributed by atoms with Gasteiger partial charge in [-0.3, -0.25) is 4.79 Å². The summed E-state index contributed by atoms with van der Waals surface area (Å²) in [6.45, 7) is 0.307. The lowest BCUT2D eigenvalue weighted by molar-refractivity contribution is 0.0572. The maximum Gasteiger partial charge on any atom is 0.289 e. The highest BCUT2D eigenvalue weighted by molar-refractivity contribution is 5.91. The summed E-state index contributed by atoms with van der Waals surface area (Å²) in [7, 11) is 0. The molecule has 0 saturated carbocycles. The standard InChI is InChI=1S/C9H11NO4/c11-6-4-10(5-7(6)12)9(13)8-2-1-3-14-8/h1-3,6-7,11-12H,4-5H2/t6-,7+. The summed E-state index contributed by atoms with van der Waals surface area (Å²) in [5.74, 6) is -0.0723. The third kappa shape index (κ3) is 1.51. The molecule has 2 atom stereocenters. The van der Waals surface area contributed by atoms with Crippen LogP contribution in [-0.4, -0.2) is 46.3 Å². The summed E-state index contributed by atoms with van der Waals surface area (Å²) >= 11 is 0. The van der Waals surface area contributed by atoms with Gasteiger partial charge in [0.25, 0.3) is 5.91 Å². The van der Waals surface area contributed by atoms with Gasteiger partial charge in [0.1, 0.15) is 0 Å². The van der Waals surface area contributed by atoms with Gasteiger partial charge < -0.3 is 19.5 Å². The Labute approximate surface area is 80.6 Å². The van der Waals surface area contributed by atoms with Gasteiger partial charge in [-0.15, -0.1) is 0 Å². The Morgan fingerprint density at radius 3 is 2.57 bits per heavy atom. The summed E-state index contributed by atoms with van der Waals surface area (Å²) in [5, 5.41) is 18.5. The first-order valence-electron chi connectivity index (χ1n) is 4.37. The molecule has 1 aromatic heterocycles. The topological polar surface area (TPSA) is 73.9 Å². The Balaban J connectivity index is 2.07. The molecule has 1 fully saturated rings. The lowest BCUT2D eigenvalue weighted by Gasteiger charge is -2.12.